The lowest BCUT2D eigenvalue weighted by Gasteiger charge is -2.48. The lowest BCUT2D eigenvalue weighted by atomic mass is 9.77. The number of nitrogens with one attached hydrogen (secondary N) is 1. The molecule has 7 rings (SSSR count). The van der Waals surface area contributed by atoms with Gasteiger partial charge in [-0.15, -0.1) is 5.10 Å². The topological polar surface area (TPSA) is 319 Å². The number of hydrogen-bond acceptors (Lipinski definition) is 18. The molecule has 7 N–H and O–H groups in total. The number of nitro groups is 1. The highest BCUT2D eigenvalue weighted by Crippen LogP contribution is 2.39. The van der Waals surface area contributed by atoms with Crippen LogP contribution in [-0.2, 0) is 57.5 Å². The minimum absolute atomic E-state index is 0.00708. The smallest absolute Gasteiger partial charge is 0.338 e. The summed E-state index contributed by atoms with van der Waals surface area (Å²) in [6.07, 6.45) is -10.7. The van der Waals surface area contributed by atoms with Crippen molar-refractivity contribution in [2.24, 2.45) is 11.8 Å². The van der Waals surface area contributed by atoms with Crippen LogP contribution in [0, 0.1) is 22.0 Å². The largest absolute Gasteiger partial charge is 0.479 e. The van der Waals surface area contributed by atoms with E-state index in [1.54, 1.807) is 42.1 Å². The first-order valence-electron chi connectivity index (χ1n) is 25.1. The number of aryl methyl sites for hydroxylation is 2. The third-order valence-electron chi connectivity index (χ3n) is 13.9. The van der Waals surface area contributed by atoms with Crippen molar-refractivity contribution < 1.29 is 78.4 Å². The molecule has 9 unspecified atom stereocenters. The molecule has 2 aromatic heterocycles. The summed E-state index contributed by atoms with van der Waals surface area (Å²) in [5.74, 6) is -3.83. The average Bonchev–Trinajstić information content (AvgIpc) is 4.02. The van der Waals surface area contributed by atoms with Gasteiger partial charge in [-0.3, -0.25) is 19.6 Å². The molecular weight excluding hydrogens is 957 g/mol. The number of ether oxygens (including phenoxy) is 6. The molecular formula is C50H68N6O17. The Morgan fingerprint density at radius 3 is 2.38 bits per heavy atom. The summed E-state index contributed by atoms with van der Waals surface area (Å²) in [6.45, 7) is 5.69. The molecule has 3 fully saturated rings. The van der Waals surface area contributed by atoms with Gasteiger partial charge in [0.2, 0.25) is 5.91 Å². The second-order valence-corrected chi connectivity index (χ2v) is 19.2. The van der Waals surface area contributed by atoms with E-state index in [1.807, 2.05) is 16.8 Å². The zero-order valence-corrected chi connectivity index (χ0v) is 41.1. The quantitative estimate of drug-likeness (QED) is 0.0230. The number of benzene rings is 2. The molecule has 0 radical (unpaired) electrons. The lowest BCUT2D eigenvalue weighted by molar-refractivity contribution is -0.384. The molecule has 400 valence electrons. The summed E-state index contributed by atoms with van der Waals surface area (Å²) in [7, 11) is 0. The molecule has 0 bridgehead atoms. The Balaban J connectivity index is 1.09. The van der Waals surface area contributed by atoms with Crippen molar-refractivity contribution in [1.29, 1.82) is 0 Å². The van der Waals surface area contributed by atoms with Crippen LogP contribution in [0.4, 0.5) is 5.69 Å². The minimum atomic E-state index is -1.72. The van der Waals surface area contributed by atoms with E-state index in [-0.39, 0.29) is 43.0 Å². The SMILES string of the molecule is CCCCCCC[C@H](OC1C(OC(=O)c2ccccc2)[C@H](O[C@@H]2CC(C(=O)NCCc3cn(CCn4ccc5cc([N+](=O)[O-])ccc54)nn3)CC(C)C2O[C@@H]2OC(C)[C@@H](O)C(O)C2O)OC(CO)[C@@H]1O)C(=O)O. The molecule has 1 aliphatic carbocycles. The maximum absolute atomic E-state index is 14.1. The second-order valence-electron chi connectivity index (χ2n) is 19.2. The highest BCUT2D eigenvalue weighted by atomic mass is 16.7. The number of carbonyl (C=O) groups is 3. The van der Waals surface area contributed by atoms with E-state index < -0.39 is 115 Å². The summed E-state index contributed by atoms with van der Waals surface area (Å²) in [4.78, 5) is 51.4. The molecule has 0 spiro atoms. The van der Waals surface area contributed by atoms with Gasteiger partial charge in [-0.1, -0.05) is 69.4 Å². The van der Waals surface area contributed by atoms with E-state index in [2.05, 4.69) is 22.6 Å². The number of carbonyl (C=O) groups excluding carboxylic acids is 2. The van der Waals surface area contributed by atoms with E-state index in [1.165, 1.54) is 31.2 Å². The number of non-ortho nitro benzene ring substituents is 1. The number of aliphatic hydroxyl groups excluding tert-OH is 5. The summed E-state index contributed by atoms with van der Waals surface area (Å²) < 4.78 is 40.8. The van der Waals surface area contributed by atoms with Gasteiger partial charge in [0.1, 0.15) is 36.6 Å². The standard InChI is InChI=1S/C50H68N6O17/c1-4-5-6-7-11-14-36(47(63)64)69-44-40(59)38(27-57)71-50(45(44)72-48(65)30-12-9-8-10-13-30)70-37-25-32(23-28(2)43(37)73-49-42(61)41(60)39(58)29(3)68-49)46(62)51-19-17-33-26-55(53-52-33)22-21-54-20-18-31-24-34(56(66)67)15-16-35(31)54/h8-10,12-13,15-16,18,20,24,26,28-29,32,36-45,49-50,57-61H,4-7,11,14,17,19,21-23,25,27H2,1-3H3,(H,51,62)(H,63,64)/t28?,29?,32?,36-,37+,38?,39+,40-,41?,42?,43?,44?,45?,49-,50+/m0/s1. The zero-order chi connectivity index (χ0) is 52.3. The molecule has 1 saturated carbocycles. The molecule has 2 saturated heterocycles. The number of hydrogen-bond donors (Lipinski definition) is 7. The molecule has 1 amide bonds. The summed E-state index contributed by atoms with van der Waals surface area (Å²) >= 11 is 0. The molecule has 4 aromatic rings. The third kappa shape index (κ3) is 13.8. The van der Waals surface area contributed by atoms with E-state index >= 15 is 0 Å². The Labute approximate surface area is 421 Å². The summed E-state index contributed by atoms with van der Waals surface area (Å²) in [5.41, 5.74) is 1.56. The number of aliphatic hydroxyl groups is 5. The third-order valence-corrected chi connectivity index (χ3v) is 13.9. The molecule has 3 aliphatic rings. The van der Waals surface area contributed by atoms with E-state index in [9.17, 15) is 55.1 Å². The van der Waals surface area contributed by atoms with Crippen molar-refractivity contribution in [3.8, 4) is 0 Å². The van der Waals surface area contributed by atoms with Crippen molar-refractivity contribution in [3.05, 3.63) is 88.4 Å². The number of esters is 1. The predicted molar refractivity (Wildman–Crippen MR) is 256 cm³/mol. The van der Waals surface area contributed by atoms with E-state index in [4.69, 9.17) is 28.4 Å². The van der Waals surface area contributed by atoms with Gasteiger partial charge in [0, 0.05) is 60.9 Å². The van der Waals surface area contributed by atoms with Crippen LogP contribution in [0.2, 0.25) is 0 Å². The van der Waals surface area contributed by atoms with Gasteiger partial charge in [0.25, 0.3) is 5.69 Å². The average molecular weight is 1030 g/mol. The molecule has 23 nitrogen and oxygen atoms in total. The number of carboxylic acids is 1. The molecule has 2 aliphatic heterocycles. The first kappa shape index (κ1) is 55.3. The molecule has 73 heavy (non-hydrogen) atoms. The monoisotopic (exact) mass is 1020 g/mol. The first-order valence-corrected chi connectivity index (χ1v) is 25.1. The number of unbranched alkanes of at least 4 members (excludes halogenated alkanes) is 4. The number of aliphatic carboxylic acids is 1. The Morgan fingerprint density at radius 2 is 1.66 bits per heavy atom. The Hall–Kier alpha value is -5.47. The van der Waals surface area contributed by atoms with Crippen molar-refractivity contribution in [3.63, 3.8) is 0 Å². The van der Waals surface area contributed by atoms with Crippen LogP contribution in [-0.4, -0.2) is 166 Å². The van der Waals surface area contributed by atoms with Crippen LogP contribution in [0.5, 0.6) is 0 Å². The zero-order valence-electron chi connectivity index (χ0n) is 41.1. The van der Waals surface area contributed by atoms with Crippen LogP contribution < -0.4 is 5.32 Å². The van der Waals surface area contributed by atoms with Gasteiger partial charge in [-0.05, 0) is 56.4 Å². The Bertz CT molecular complexity index is 2440. The van der Waals surface area contributed by atoms with Crippen LogP contribution in [0.1, 0.15) is 88.2 Å². The predicted octanol–water partition coefficient (Wildman–Crippen LogP) is 2.65. The number of nitrogens with zero attached hydrogens (tertiary/aromatic N) is 5. The van der Waals surface area contributed by atoms with Crippen molar-refractivity contribution in [2.75, 3.05) is 13.2 Å². The van der Waals surface area contributed by atoms with Gasteiger partial charge in [0.15, 0.2) is 24.8 Å². The van der Waals surface area contributed by atoms with Gasteiger partial charge in [0.05, 0.1) is 47.6 Å². The first-order chi connectivity index (χ1) is 35.1. The van der Waals surface area contributed by atoms with Gasteiger partial charge >= 0.3 is 11.9 Å². The minimum Gasteiger partial charge on any atom is -0.479 e. The van der Waals surface area contributed by atoms with E-state index in [0.29, 0.717) is 31.6 Å². The summed E-state index contributed by atoms with van der Waals surface area (Å²) in [6, 6.07) is 14.4. The normalized spacial score (nSPS) is 29.9. The number of rotatable bonds is 24. The van der Waals surface area contributed by atoms with Crippen molar-refractivity contribution in [1.82, 2.24) is 24.9 Å². The van der Waals surface area contributed by atoms with Crippen LogP contribution in [0.3, 0.4) is 0 Å². The van der Waals surface area contributed by atoms with Gasteiger partial charge in [-0.2, -0.15) is 0 Å². The number of nitro benzene ring substituents is 1. The van der Waals surface area contributed by atoms with Crippen LogP contribution in [0.15, 0.2) is 67.0 Å². The van der Waals surface area contributed by atoms with Gasteiger partial charge < -0.3 is 68.9 Å². The summed E-state index contributed by atoms with van der Waals surface area (Å²) in [5, 5.41) is 88.1. The highest BCUT2D eigenvalue weighted by molar-refractivity contribution is 5.89. The van der Waals surface area contributed by atoms with Crippen molar-refractivity contribution in [2.45, 2.75) is 171 Å². The molecule has 2 aromatic carbocycles. The molecule has 4 heterocycles. The highest BCUT2D eigenvalue weighted by Gasteiger charge is 2.53. The second kappa shape index (κ2) is 25.7. The fourth-order valence-corrected chi connectivity index (χ4v) is 9.78. The molecule has 15 atom stereocenters. The number of amides is 1. The Kier molecular flexibility index (Phi) is 19.4. The van der Waals surface area contributed by atoms with Crippen molar-refractivity contribution >= 4 is 34.4 Å². The fourth-order valence-electron chi connectivity index (χ4n) is 9.78. The van der Waals surface area contributed by atoms with Crippen LogP contribution in [0.25, 0.3) is 10.9 Å². The molecule has 23 heteroatoms. The van der Waals surface area contributed by atoms with Gasteiger partial charge in [-0.25, -0.2) is 9.59 Å². The maximum atomic E-state index is 14.1. The van der Waals surface area contributed by atoms with Crippen LogP contribution >= 0.6 is 0 Å². The number of carboxylic acid groups (broad SMARTS) is 1. The number of fused-ring (bicyclic) bond motifs is 1. The number of aromatic nitrogens is 4. The fraction of sp³-hybridized carbons (Fsp3) is 0.620. The lowest BCUT2D eigenvalue weighted by Crippen LogP contribution is -2.64. The van der Waals surface area contributed by atoms with E-state index in [0.717, 1.165) is 36.6 Å². The Morgan fingerprint density at radius 1 is 0.890 bits per heavy atom. The maximum Gasteiger partial charge on any atom is 0.338 e.